The van der Waals surface area contributed by atoms with Crippen molar-refractivity contribution in [3.63, 3.8) is 0 Å². The van der Waals surface area contributed by atoms with Crippen LogP contribution in [-0.4, -0.2) is 61.3 Å². The first-order chi connectivity index (χ1) is 18.5. The summed E-state index contributed by atoms with van der Waals surface area (Å²) in [5.41, 5.74) is 0. The van der Waals surface area contributed by atoms with E-state index in [1.165, 1.54) is 190 Å². The van der Waals surface area contributed by atoms with Crippen LogP contribution in [0.5, 0.6) is 0 Å². The van der Waals surface area contributed by atoms with Crippen LogP contribution < -0.4 is 0 Å². The first-order valence-electron chi connectivity index (χ1n) is 18.2. The molecule has 0 aromatic heterocycles. The topological polar surface area (TPSA) is 0 Å². The lowest BCUT2D eigenvalue weighted by Gasteiger charge is -2.39. The molecule has 2 heteroatoms. The van der Waals surface area contributed by atoms with E-state index in [4.69, 9.17) is 0 Å². The van der Waals surface area contributed by atoms with Crippen molar-refractivity contribution in [3.8, 4) is 0 Å². The molecular weight excluding hydrogens is 460 g/mol. The lowest BCUT2D eigenvalue weighted by atomic mass is 10.1. The fourth-order valence-corrected chi connectivity index (χ4v) is 6.10. The number of nitrogens with zero attached hydrogens (tertiary/aromatic N) is 2. The zero-order chi connectivity index (χ0) is 28.8. The third-order valence-corrected chi connectivity index (χ3v) is 8.89. The predicted molar refractivity (Wildman–Crippen MR) is 177 cm³/mol. The van der Waals surface area contributed by atoms with Crippen LogP contribution in [0, 0.1) is 0 Å². The Balaban J connectivity index is 0. The third-order valence-electron chi connectivity index (χ3n) is 8.89. The van der Waals surface area contributed by atoms with Gasteiger partial charge in [0.15, 0.2) is 0 Å². The zero-order valence-electron chi connectivity index (χ0n) is 28.7. The van der Waals surface area contributed by atoms with Gasteiger partial charge in [-0.3, -0.25) is 0 Å². The van der Waals surface area contributed by atoms with Gasteiger partial charge in [-0.05, 0) is 77.0 Å². The maximum atomic E-state index is 2.33. The van der Waals surface area contributed by atoms with Crippen LogP contribution in [-0.2, 0) is 0 Å². The highest BCUT2D eigenvalue weighted by Crippen LogP contribution is 2.19. The minimum atomic E-state index is 1.35. The average Bonchev–Trinajstić information content (AvgIpc) is 2.93. The molecule has 0 bridgehead atoms. The summed E-state index contributed by atoms with van der Waals surface area (Å²) in [6, 6.07) is 0. The zero-order valence-corrected chi connectivity index (χ0v) is 28.7. The summed E-state index contributed by atoms with van der Waals surface area (Å²) in [6.07, 6.45) is 28.0. The molecule has 2 nitrogen and oxygen atoms in total. The van der Waals surface area contributed by atoms with Crippen LogP contribution in [0.15, 0.2) is 0 Å². The van der Waals surface area contributed by atoms with E-state index in [-0.39, 0.29) is 0 Å². The van der Waals surface area contributed by atoms with Crippen molar-refractivity contribution in [1.29, 1.82) is 0 Å². The number of quaternary nitrogens is 2. The van der Waals surface area contributed by atoms with Crippen LogP contribution in [0.3, 0.4) is 0 Å². The molecule has 0 aromatic carbocycles. The fraction of sp³-hybridized carbons (Fsp3) is 1.00. The van der Waals surface area contributed by atoms with Crippen molar-refractivity contribution in [1.82, 2.24) is 0 Å². The molecule has 0 N–H and O–H groups in total. The van der Waals surface area contributed by atoms with Gasteiger partial charge in [0, 0.05) is 0 Å². The normalized spacial score (nSPS) is 12.0. The molecule has 0 heterocycles. The second-order valence-electron chi connectivity index (χ2n) is 12.7. The standard InChI is InChI=1S/C20H44N.C16H36N/c1-5-9-13-17-21(18-14-10-6-2,19-15-11-7-3)20-16-12-8-4;1-5-9-13-17(14-10-6-2,15-11-7-3)16-12-8-4/h5-20H2,1-4H3;5-16H2,1-4H3/q2*+1. The molecule has 0 radical (unpaired) electrons. The van der Waals surface area contributed by atoms with Gasteiger partial charge in [-0.1, -0.05) is 107 Å². The van der Waals surface area contributed by atoms with Crippen LogP contribution in [0.25, 0.3) is 0 Å². The lowest BCUT2D eigenvalue weighted by molar-refractivity contribution is -0.929. The Hall–Kier alpha value is -0.0800. The highest BCUT2D eigenvalue weighted by Gasteiger charge is 2.26. The smallest absolute Gasteiger partial charge is 0.0786 e. The van der Waals surface area contributed by atoms with E-state index in [1.807, 2.05) is 0 Å². The molecule has 0 fully saturated rings. The molecule has 38 heavy (non-hydrogen) atoms. The Labute approximate surface area is 244 Å². The Morgan fingerprint density at radius 3 is 0.526 bits per heavy atom. The predicted octanol–water partition coefficient (Wildman–Crippen LogP) is 11.6. The van der Waals surface area contributed by atoms with E-state index in [0.717, 1.165) is 0 Å². The molecule has 0 aliphatic rings. The van der Waals surface area contributed by atoms with E-state index < -0.39 is 0 Å². The van der Waals surface area contributed by atoms with E-state index in [0.29, 0.717) is 0 Å². The maximum absolute atomic E-state index is 2.33. The summed E-state index contributed by atoms with van der Waals surface area (Å²) in [6.45, 7) is 30.1. The van der Waals surface area contributed by atoms with Crippen molar-refractivity contribution in [2.45, 2.75) is 184 Å². The minimum absolute atomic E-state index is 1.35. The first-order valence-corrected chi connectivity index (χ1v) is 18.2. The summed E-state index contributed by atoms with van der Waals surface area (Å²) >= 11 is 0. The van der Waals surface area contributed by atoms with Gasteiger partial charge >= 0.3 is 0 Å². The molecule has 232 valence electrons. The summed E-state index contributed by atoms with van der Waals surface area (Å²) in [5.74, 6) is 0. The van der Waals surface area contributed by atoms with E-state index in [9.17, 15) is 0 Å². The first kappa shape index (κ1) is 40.1. The Morgan fingerprint density at radius 1 is 0.211 bits per heavy atom. The van der Waals surface area contributed by atoms with E-state index in [2.05, 4.69) is 55.4 Å². The van der Waals surface area contributed by atoms with Gasteiger partial charge in [0.2, 0.25) is 0 Å². The molecule has 0 saturated carbocycles. The molecule has 0 rings (SSSR count). The number of rotatable bonds is 28. The summed E-state index contributed by atoms with van der Waals surface area (Å²) < 4.78 is 2.86. The van der Waals surface area contributed by atoms with Gasteiger partial charge < -0.3 is 8.97 Å². The highest BCUT2D eigenvalue weighted by molar-refractivity contribution is 4.52. The monoisotopic (exact) mass is 541 g/mol. The molecule has 0 aliphatic heterocycles. The molecule has 0 atom stereocenters. The van der Waals surface area contributed by atoms with Crippen LogP contribution in [0.4, 0.5) is 0 Å². The number of hydrogen-bond donors (Lipinski definition) is 0. The van der Waals surface area contributed by atoms with Crippen LogP contribution in [0.2, 0.25) is 0 Å². The van der Waals surface area contributed by atoms with Crippen molar-refractivity contribution in [2.75, 3.05) is 52.4 Å². The van der Waals surface area contributed by atoms with E-state index in [1.54, 1.807) is 0 Å². The summed E-state index contributed by atoms with van der Waals surface area (Å²) in [4.78, 5) is 0. The Bertz CT molecular complexity index is 350. The largest absolute Gasteiger partial charge is 0.324 e. The van der Waals surface area contributed by atoms with Gasteiger partial charge in [-0.15, -0.1) is 0 Å². The van der Waals surface area contributed by atoms with Crippen molar-refractivity contribution in [3.05, 3.63) is 0 Å². The van der Waals surface area contributed by atoms with Crippen LogP contribution >= 0.6 is 0 Å². The van der Waals surface area contributed by atoms with Gasteiger partial charge in [-0.2, -0.15) is 0 Å². The highest BCUT2D eigenvalue weighted by atomic mass is 15.4. The van der Waals surface area contributed by atoms with Crippen LogP contribution in [0.1, 0.15) is 184 Å². The Morgan fingerprint density at radius 2 is 0.368 bits per heavy atom. The molecule has 0 aliphatic carbocycles. The maximum Gasteiger partial charge on any atom is 0.0786 e. The molecule has 0 amide bonds. The van der Waals surface area contributed by atoms with Gasteiger partial charge in [0.05, 0.1) is 52.4 Å². The number of unbranched alkanes of at least 4 members (excludes halogenated alkanes) is 12. The molecule has 0 saturated heterocycles. The minimum Gasteiger partial charge on any atom is -0.324 e. The van der Waals surface area contributed by atoms with Crippen molar-refractivity contribution in [2.24, 2.45) is 0 Å². The lowest BCUT2D eigenvalue weighted by Crippen LogP contribution is -2.50. The quantitative estimate of drug-likeness (QED) is 0.0683. The fourth-order valence-electron chi connectivity index (χ4n) is 6.10. The van der Waals surface area contributed by atoms with Gasteiger partial charge in [-0.25, -0.2) is 0 Å². The van der Waals surface area contributed by atoms with Gasteiger partial charge in [0.1, 0.15) is 0 Å². The molecule has 0 unspecified atom stereocenters. The second kappa shape index (κ2) is 29.9. The Kier molecular flexibility index (Phi) is 31.5. The molecule has 0 spiro atoms. The van der Waals surface area contributed by atoms with E-state index >= 15 is 0 Å². The molecular formula is C36H80N2+2. The van der Waals surface area contributed by atoms with Crippen molar-refractivity contribution < 1.29 is 8.97 Å². The van der Waals surface area contributed by atoms with Gasteiger partial charge in [0.25, 0.3) is 0 Å². The summed E-state index contributed by atoms with van der Waals surface area (Å²) in [7, 11) is 0. The average molecular weight is 541 g/mol. The molecule has 0 aromatic rings. The summed E-state index contributed by atoms with van der Waals surface area (Å²) in [5, 5.41) is 0. The van der Waals surface area contributed by atoms with Crippen molar-refractivity contribution >= 4 is 0 Å². The number of hydrogen-bond acceptors (Lipinski definition) is 0. The SMILES string of the molecule is CCCCC[N+](CCCCC)(CCCCC)CCCCC.CCCC[N+](CCCC)(CCCC)CCCC. The third kappa shape index (κ3) is 22.7. The second-order valence-corrected chi connectivity index (χ2v) is 12.7.